The van der Waals surface area contributed by atoms with E-state index in [9.17, 15) is 9.90 Å². The van der Waals surface area contributed by atoms with Gasteiger partial charge in [-0.05, 0) is 30.9 Å². The van der Waals surface area contributed by atoms with E-state index in [2.05, 4.69) is 22.0 Å². The molecule has 0 radical (unpaired) electrons. The van der Waals surface area contributed by atoms with E-state index in [1.165, 1.54) is 5.56 Å². The molecule has 0 unspecified atom stereocenters. The summed E-state index contributed by atoms with van der Waals surface area (Å²) in [4.78, 5) is 14.1. The van der Waals surface area contributed by atoms with Gasteiger partial charge in [0.15, 0.2) is 0 Å². The second-order valence-corrected chi connectivity index (χ2v) is 6.21. The molecule has 0 atom stereocenters. The maximum atomic E-state index is 12.3. The number of carbonyl (C=O) groups excluding carboxylic acids is 1. The van der Waals surface area contributed by atoms with Gasteiger partial charge in [0.1, 0.15) is 0 Å². The zero-order chi connectivity index (χ0) is 13.9. The van der Waals surface area contributed by atoms with Crippen molar-refractivity contribution in [3.63, 3.8) is 0 Å². The van der Waals surface area contributed by atoms with Crippen LogP contribution in [0.1, 0.15) is 24.8 Å². The number of halogens is 1. The van der Waals surface area contributed by atoms with Gasteiger partial charge in [-0.15, -0.1) is 0 Å². The molecule has 4 heteroatoms. The number of benzene rings is 1. The lowest BCUT2D eigenvalue weighted by Gasteiger charge is -2.41. The first kappa shape index (κ1) is 14.5. The molecule has 0 saturated heterocycles. The third-order valence-corrected chi connectivity index (χ3v) is 4.86. The fourth-order valence-electron chi connectivity index (χ4n) is 2.54. The molecule has 1 fully saturated rings. The van der Waals surface area contributed by atoms with Crippen LogP contribution in [0.4, 0.5) is 0 Å². The molecular formula is C15H20BrNO2. The Morgan fingerprint density at radius 1 is 1.42 bits per heavy atom. The standard InChI is InChI=1S/C15H20BrNO2/c1-17(14(19)15(11-18)8-4-9-15)10-7-12-5-2-3-6-13(12)16/h2-3,5-6,18H,4,7-11H2,1H3. The van der Waals surface area contributed by atoms with Crippen LogP contribution in [0.15, 0.2) is 28.7 Å². The summed E-state index contributed by atoms with van der Waals surface area (Å²) in [6.45, 7) is 0.661. The molecule has 104 valence electrons. The van der Waals surface area contributed by atoms with Gasteiger partial charge >= 0.3 is 0 Å². The van der Waals surface area contributed by atoms with E-state index >= 15 is 0 Å². The van der Waals surface area contributed by atoms with E-state index in [4.69, 9.17) is 0 Å². The Bertz CT molecular complexity index is 452. The Balaban J connectivity index is 1.93. The van der Waals surface area contributed by atoms with Crippen molar-refractivity contribution in [2.45, 2.75) is 25.7 Å². The lowest BCUT2D eigenvalue weighted by molar-refractivity contribution is -0.149. The minimum atomic E-state index is -0.483. The number of rotatable bonds is 5. The van der Waals surface area contributed by atoms with Gasteiger partial charge in [0.05, 0.1) is 12.0 Å². The largest absolute Gasteiger partial charge is 0.395 e. The van der Waals surface area contributed by atoms with Gasteiger partial charge in [0.25, 0.3) is 0 Å². The van der Waals surface area contributed by atoms with Crippen molar-refractivity contribution in [1.29, 1.82) is 0 Å². The number of carbonyl (C=O) groups is 1. The Morgan fingerprint density at radius 3 is 2.63 bits per heavy atom. The summed E-state index contributed by atoms with van der Waals surface area (Å²) < 4.78 is 1.08. The number of likely N-dealkylation sites (N-methyl/N-ethyl adjacent to an activating group) is 1. The highest BCUT2D eigenvalue weighted by Crippen LogP contribution is 2.41. The van der Waals surface area contributed by atoms with Gasteiger partial charge < -0.3 is 10.0 Å². The second kappa shape index (κ2) is 6.06. The molecule has 1 aromatic carbocycles. The van der Waals surface area contributed by atoms with Crippen LogP contribution in [0, 0.1) is 5.41 Å². The van der Waals surface area contributed by atoms with Crippen molar-refractivity contribution in [3.8, 4) is 0 Å². The molecule has 0 heterocycles. The first-order valence-corrected chi connectivity index (χ1v) is 7.48. The van der Waals surface area contributed by atoms with E-state index in [1.807, 2.05) is 25.2 Å². The quantitative estimate of drug-likeness (QED) is 0.904. The zero-order valence-electron chi connectivity index (χ0n) is 11.2. The molecule has 2 rings (SSSR count). The average Bonchev–Trinajstić information content (AvgIpc) is 2.36. The average molecular weight is 326 g/mol. The molecule has 1 N–H and O–H groups in total. The lowest BCUT2D eigenvalue weighted by Crippen LogP contribution is -2.49. The predicted octanol–water partition coefficient (Wildman–Crippen LogP) is 2.61. The molecule has 1 aromatic rings. The first-order valence-electron chi connectivity index (χ1n) is 6.69. The van der Waals surface area contributed by atoms with E-state index in [0.29, 0.717) is 6.54 Å². The van der Waals surface area contributed by atoms with Crippen LogP contribution in [0.3, 0.4) is 0 Å². The first-order chi connectivity index (χ1) is 9.09. The summed E-state index contributed by atoms with van der Waals surface area (Å²) in [7, 11) is 1.83. The smallest absolute Gasteiger partial charge is 0.230 e. The van der Waals surface area contributed by atoms with Gasteiger partial charge in [-0.2, -0.15) is 0 Å². The SMILES string of the molecule is CN(CCc1ccccc1Br)C(=O)C1(CO)CCC1. The zero-order valence-corrected chi connectivity index (χ0v) is 12.8. The third-order valence-electron chi connectivity index (χ3n) is 4.09. The summed E-state index contributed by atoms with van der Waals surface area (Å²) in [6, 6.07) is 8.06. The van der Waals surface area contributed by atoms with Crippen molar-refractivity contribution in [1.82, 2.24) is 4.90 Å². The summed E-state index contributed by atoms with van der Waals surface area (Å²) in [6.07, 6.45) is 3.51. The molecular weight excluding hydrogens is 306 g/mol. The highest BCUT2D eigenvalue weighted by atomic mass is 79.9. The van der Waals surface area contributed by atoms with Crippen LogP contribution in [0.5, 0.6) is 0 Å². The van der Waals surface area contributed by atoms with Crippen LogP contribution in [-0.4, -0.2) is 36.1 Å². The highest BCUT2D eigenvalue weighted by molar-refractivity contribution is 9.10. The van der Waals surface area contributed by atoms with Gasteiger partial charge in [-0.1, -0.05) is 40.5 Å². The fraction of sp³-hybridized carbons (Fsp3) is 0.533. The van der Waals surface area contributed by atoms with Crippen LogP contribution in [-0.2, 0) is 11.2 Å². The second-order valence-electron chi connectivity index (χ2n) is 5.36. The van der Waals surface area contributed by atoms with Crippen LogP contribution in [0.25, 0.3) is 0 Å². The maximum Gasteiger partial charge on any atom is 0.230 e. The van der Waals surface area contributed by atoms with Crippen molar-refractivity contribution >= 4 is 21.8 Å². The van der Waals surface area contributed by atoms with E-state index < -0.39 is 5.41 Å². The Labute approximate surface area is 122 Å². The summed E-state index contributed by atoms with van der Waals surface area (Å²) in [5.41, 5.74) is 0.719. The molecule has 1 aliphatic rings. The minimum Gasteiger partial charge on any atom is -0.395 e. The maximum absolute atomic E-state index is 12.3. The summed E-state index contributed by atoms with van der Waals surface area (Å²) in [5.74, 6) is 0.0910. The van der Waals surface area contributed by atoms with E-state index in [-0.39, 0.29) is 12.5 Å². The van der Waals surface area contributed by atoms with Crippen molar-refractivity contribution in [2.75, 3.05) is 20.2 Å². The predicted molar refractivity (Wildman–Crippen MR) is 78.9 cm³/mol. The van der Waals surface area contributed by atoms with Crippen LogP contribution < -0.4 is 0 Å². The molecule has 1 amide bonds. The lowest BCUT2D eigenvalue weighted by atomic mass is 9.68. The molecule has 1 saturated carbocycles. The molecule has 0 aromatic heterocycles. The number of aliphatic hydroxyl groups is 1. The van der Waals surface area contributed by atoms with Gasteiger partial charge in [0.2, 0.25) is 5.91 Å². The van der Waals surface area contributed by atoms with Crippen LogP contribution >= 0.6 is 15.9 Å². The van der Waals surface area contributed by atoms with Crippen LogP contribution in [0.2, 0.25) is 0 Å². The summed E-state index contributed by atoms with van der Waals surface area (Å²) >= 11 is 3.52. The molecule has 3 nitrogen and oxygen atoms in total. The molecule has 0 spiro atoms. The Hall–Kier alpha value is -0.870. The summed E-state index contributed by atoms with van der Waals surface area (Å²) in [5, 5.41) is 9.43. The normalized spacial score (nSPS) is 16.8. The van der Waals surface area contributed by atoms with Gasteiger partial charge in [0, 0.05) is 18.1 Å². The molecule has 0 bridgehead atoms. The number of amides is 1. The van der Waals surface area contributed by atoms with Crippen molar-refractivity contribution < 1.29 is 9.90 Å². The van der Waals surface area contributed by atoms with Gasteiger partial charge in [-0.3, -0.25) is 4.79 Å². The Morgan fingerprint density at radius 2 is 2.11 bits per heavy atom. The van der Waals surface area contributed by atoms with Crippen molar-refractivity contribution in [2.24, 2.45) is 5.41 Å². The number of hydrogen-bond donors (Lipinski definition) is 1. The highest BCUT2D eigenvalue weighted by Gasteiger charge is 2.44. The molecule has 19 heavy (non-hydrogen) atoms. The number of nitrogens with zero attached hydrogens (tertiary/aromatic N) is 1. The Kier molecular flexibility index (Phi) is 4.63. The molecule has 1 aliphatic carbocycles. The topological polar surface area (TPSA) is 40.5 Å². The number of aliphatic hydroxyl groups excluding tert-OH is 1. The van der Waals surface area contributed by atoms with E-state index in [0.717, 1.165) is 30.2 Å². The van der Waals surface area contributed by atoms with Gasteiger partial charge in [-0.25, -0.2) is 0 Å². The minimum absolute atomic E-state index is 0.0226. The monoisotopic (exact) mass is 325 g/mol. The van der Waals surface area contributed by atoms with E-state index in [1.54, 1.807) is 4.90 Å². The fourth-order valence-corrected chi connectivity index (χ4v) is 3.02. The van der Waals surface area contributed by atoms with Crippen molar-refractivity contribution in [3.05, 3.63) is 34.3 Å². The number of hydrogen-bond acceptors (Lipinski definition) is 2. The molecule has 0 aliphatic heterocycles. The third kappa shape index (κ3) is 3.00.